The topological polar surface area (TPSA) is 102 Å². The molecule has 2 N–H and O–H groups in total. The van der Waals surface area contributed by atoms with Crippen LogP contribution in [0.25, 0.3) is 5.57 Å². The standard InChI is InChI=1S/C36H50N4O4/c1-11-35(7,8)33(43)37-27-21-23(39(13-3)14-4)17-19-25(27)29-31(41)30(32(29)42)26-20-18-24(40(15-5)16-6)22-28(26)38-34(44)36(9,10)12-2/h17-22,41H,11-16H2,1-10H3,(H,37,43)/b30-26-,38-28?. The number of benzene rings is 1. The highest BCUT2D eigenvalue weighted by atomic mass is 16.3. The molecule has 2 amide bonds. The molecular weight excluding hydrogens is 552 g/mol. The van der Waals surface area contributed by atoms with Crippen molar-refractivity contribution in [3.63, 3.8) is 0 Å². The first-order valence-corrected chi connectivity index (χ1v) is 15.9. The number of Topliss-reactive ketones (excluding diaryl/α,β-unsaturated/α-hetero) is 1. The minimum Gasteiger partial charge on any atom is -0.506 e. The molecule has 1 aromatic rings. The van der Waals surface area contributed by atoms with Gasteiger partial charge in [0.25, 0.3) is 5.91 Å². The molecule has 44 heavy (non-hydrogen) atoms. The Balaban J connectivity index is 2.21. The van der Waals surface area contributed by atoms with Gasteiger partial charge in [0.2, 0.25) is 11.7 Å². The number of carbonyl (C=O) groups is 3. The molecule has 0 bridgehead atoms. The number of amides is 2. The summed E-state index contributed by atoms with van der Waals surface area (Å²) in [6, 6.07) is 5.55. The summed E-state index contributed by atoms with van der Waals surface area (Å²) in [4.78, 5) is 49.2. The molecule has 238 valence electrons. The number of anilines is 2. The molecule has 2 aliphatic rings. The fourth-order valence-electron chi connectivity index (χ4n) is 5.01. The zero-order chi connectivity index (χ0) is 33.0. The van der Waals surface area contributed by atoms with E-state index in [1.165, 1.54) is 0 Å². The smallest absolute Gasteiger partial charge is 0.251 e. The van der Waals surface area contributed by atoms with Gasteiger partial charge in [-0.25, -0.2) is 4.99 Å². The molecule has 0 saturated carbocycles. The molecule has 8 nitrogen and oxygen atoms in total. The van der Waals surface area contributed by atoms with Gasteiger partial charge in [-0.05, 0) is 77.0 Å². The van der Waals surface area contributed by atoms with E-state index in [9.17, 15) is 19.5 Å². The van der Waals surface area contributed by atoms with E-state index >= 15 is 0 Å². The lowest BCUT2D eigenvalue weighted by molar-refractivity contribution is -0.126. The quantitative estimate of drug-likeness (QED) is 0.244. The fraction of sp³-hybridized carbons (Fsp3) is 0.500. The van der Waals surface area contributed by atoms with Crippen molar-refractivity contribution in [2.75, 3.05) is 36.4 Å². The molecule has 0 radical (unpaired) electrons. The predicted octanol–water partition coefficient (Wildman–Crippen LogP) is 7.26. The van der Waals surface area contributed by atoms with Crippen molar-refractivity contribution in [1.82, 2.24) is 4.90 Å². The van der Waals surface area contributed by atoms with Gasteiger partial charge in [-0.1, -0.05) is 41.5 Å². The van der Waals surface area contributed by atoms with Gasteiger partial charge in [-0.2, -0.15) is 0 Å². The lowest BCUT2D eigenvalue weighted by atomic mass is 9.78. The van der Waals surface area contributed by atoms with Crippen molar-refractivity contribution >= 4 is 40.3 Å². The summed E-state index contributed by atoms with van der Waals surface area (Å²) in [5.74, 6) is -0.994. The number of likely N-dealkylation sites (N-methyl/N-ethyl adjacent to an activating group) is 1. The molecule has 0 atom stereocenters. The summed E-state index contributed by atoms with van der Waals surface area (Å²) in [6.45, 7) is 22.6. The van der Waals surface area contributed by atoms with E-state index in [1.807, 2.05) is 79.7 Å². The summed E-state index contributed by atoms with van der Waals surface area (Å²) in [7, 11) is 0. The monoisotopic (exact) mass is 602 g/mol. The third-order valence-corrected chi connectivity index (χ3v) is 9.14. The Morgan fingerprint density at radius 1 is 0.841 bits per heavy atom. The van der Waals surface area contributed by atoms with Gasteiger partial charge in [0.15, 0.2) is 0 Å². The molecule has 2 aliphatic carbocycles. The van der Waals surface area contributed by atoms with Gasteiger partial charge in [0.05, 0.1) is 22.5 Å². The van der Waals surface area contributed by atoms with E-state index in [4.69, 9.17) is 0 Å². The van der Waals surface area contributed by atoms with Crippen molar-refractivity contribution < 1.29 is 19.5 Å². The SMILES string of the molecule is CCN(CC)C1=CC(=NC(=O)C(C)(C)CC)/C(=C2\C(=O)C(c3ccc(N(CC)CC)cc3NC(=O)C(C)(C)CC)=C2O)C=C1. The van der Waals surface area contributed by atoms with Crippen molar-refractivity contribution in [3.8, 4) is 0 Å². The van der Waals surface area contributed by atoms with Crippen LogP contribution in [0.2, 0.25) is 0 Å². The van der Waals surface area contributed by atoms with Gasteiger partial charge < -0.3 is 20.2 Å². The molecule has 3 rings (SSSR count). The molecule has 0 heterocycles. The van der Waals surface area contributed by atoms with E-state index in [1.54, 1.807) is 12.1 Å². The Morgan fingerprint density at radius 2 is 1.43 bits per heavy atom. The second-order valence-electron chi connectivity index (χ2n) is 12.5. The Labute approximate surface area is 263 Å². The number of rotatable bonds is 12. The number of carbonyl (C=O) groups excluding carboxylic acids is 3. The predicted molar refractivity (Wildman–Crippen MR) is 181 cm³/mol. The molecule has 0 aliphatic heterocycles. The number of aliphatic hydroxyl groups is 1. The molecule has 8 heteroatoms. The van der Waals surface area contributed by atoms with Crippen LogP contribution in [0.15, 0.2) is 64.0 Å². The van der Waals surface area contributed by atoms with Crippen LogP contribution in [0.4, 0.5) is 11.4 Å². The summed E-state index contributed by atoms with van der Waals surface area (Å²) >= 11 is 0. The van der Waals surface area contributed by atoms with Crippen LogP contribution in [0.1, 0.15) is 87.6 Å². The summed E-state index contributed by atoms with van der Waals surface area (Å²) in [5.41, 5.74) is 2.42. The molecule has 0 saturated heterocycles. The second kappa shape index (κ2) is 13.8. The van der Waals surface area contributed by atoms with Crippen LogP contribution in [-0.2, 0) is 14.4 Å². The first-order valence-electron chi connectivity index (χ1n) is 15.9. The normalized spacial score (nSPS) is 17.9. The van der Waals surface area contributed by atoms with Crippen LogP contribution in [0.3, 0.4) is 0 Å². The highest BCUT2D eigenvalue weighted by molar-refractivity contribution is 6.42. The Hall–Kier alpha value is -3.94. The molecule has 0 spiro atoms. The van der Waals surface area contributed by atoms with E-state index in [0.717, 1.165) is 37.6 Å². The zero-order valence-electron chi connectivity index (χ0n) is 28.2. The fourth-order valence-corrected chi connectivity index (χ4v) is 5.01. The maximum atomic E-state index is 13.9. The maximum Gasteiger partial charge on any atom is 0.251 e. The lowest BCUT2D eigenvalue weighted by Gasteiger charge is -2.30. The van der Waals surface area contributed by atoms with Gasteiger partial charge in [-0.3, -0.25) is 14.4 Å². The Morgan fingerprint density at radius 3 is 1.95 bits per heavy atom. The minimum atomic E-state index is -0.675. The van der Waals surface area contributed by atoms with E-state index < -0.39 is 10.8 Å². The van der Waals surface area contributed by atoms with Gasteiger partial charge >= 0.3 is 0 Å². The highest BCUT2D eigenvalue weighted by Gasteiger charge is 2.40. The number of hydrogen-bond acceptors (Lipinski definition) is 6. The number of nitrogens with zero attached hydrogens (tertiary/aromatic N) is 3. The summed E-state index contributed by atoms with van der Waals surface area (Å²) in [6.07, 6.45) is 6.71. The van der Waals surface area contributed by atoms with Crippen LogP contribution >= 0.6 is 0 Å². The number of allylic oxidation sites excluding steroid dienone is 6. The van der Waals surface area contributed by atoms with E-state index in [0.29, 0.717) is 35.4 Å². The van der Waals surface area contributed by atoms with Crippen molar-refractivity contribution in [2.45, 2.75) is 82.1 Å². The Kier molecular flexibility index (Phi) is 10.8. The van der Waals surface area contributed by atoms with Crippen LogP contribution in [0, 0.1) is 10.8 Å². The van der Waals surface area contributed by atoms with E-state index in [2.05, 4.69) is 34.0 Å². The number of aliphatic hydroxyl groups excluding tert-OH is 1. The third kappa shape index (κ3) is 6.74. The van der Waals surface area contributed by atoms with Gasteiger partial charge in [-0.15, -0.1) is 0 Å². The molecule has 0 aromatic heterocycles. The number of ketones is 1. The average molecular weight is 603 g/mol. The van der Waals surface area contributed by atoms with Gasteiger partial charge in [0.1, 0.15) is 5.76 Å². The first kappa shape index (κ1) is 34.5. The second-order valence-corrected chi connectivity index (χ2v) is 12.5. The number of aliphatic imine (C=N–C) groups is 1. The maximum absolute atomic E-state index is 13.9. The summed E-state index contributed by atoms with van der Waals surface area (Å²) < 4.78 is 0. The molecular formula is C36H50N4O4. The van der Waals surface area contributed by atoms with Crippen LogP contribution in [-0.4, -0.2) is 59.5 Å². The minimum absolute atomic E-state index is 0.117. The average Bonchev–Trinajstić information content (AvgIpc) is 3.00. The number of hydrogen-bond donors (Lipinski definition) is 2. The third-order valence-electron chi connectivity index (χ3n) is 9.14. The Bertz CT molecular complexity index is 1460. The van der Waals surface area contributed by atoms with E-state index in [-0.39, 0.29) is 34.5 Å². The molecule has 0 fully saturated rings. The zero-order valence-corrected chi connectivity index (χ0v) is 28.2. The highest BCUT2D eigenvalue weighted by Crippen LogP contribution is 2.43. The van der Waals surface area contributed by atoms with Crippen molar-refractivity contribution in [2.24, 2.45) is 15.8 Å². The van der Waals surface area contributed by atoms with Crippen molar-refractivity contribution in [1.29, 1.82) is 0 Å². The van der Waals surface area contributed by atoms with Gasteiger partial charge in [0, 0.05) is 59.5 Å². The first-order chi connectivity index (χ1) is 20.7. The van der Waals surface area contributed by atoms with Crippen LogP contribution < -0.4 is 10.2 Å². The largest absolute Gasteiger partial charge is 0.506 e. The van der Waals surface area contributed by atoms with Crippen LogP contribution in [0.5, 0.6) is 0 Å². The number of nitrogens with one attached hydrogen (secondary N) is 1. The molecule has 1 aromatic carbocycles. The lowest BCUT2D eigenvalue weighted by Crippen LogP contribution is -2.32. The summed E-state index contributed by atoms with van der Waals surface area (Å²) in [5, 5.41) is 14.5. The van der Waals surface area contributed by atoms with Crippen molar-refractivity contribution in [3.05, 3.63) is 64.6 Å². The molecule has 0 unspecified atom stereocenters.